The normalized spacial score (nSPS) is 10.1. The minimum atomic E-state index is -0.576. The van der Waals surface area contributed by atoms with Crippen LogP contribution in [-0.2, 0) is 6.42 Å². The van der Waals surface area contributed by atoms with E-state index >= 15 is 0 Å². The van der Waals surface area contributed by atoms with Gasteiger partial charge in [-0.15, -0.1) is 0 Å². The molecule has 0 unspecified atom stereocenters. The van der Waals surface area contributed by atoms with Gasteiger partial charge in [0.1, 0.15) is 5.75 Å². The number of phenols is 1. The van der Waals surface area contributed by atoms with E-state index in [4.69, 9.17) is 22.4 Å². The Kier molecular flexibility index (Phi) is 5.43. The molecule has 0 heterocycles. The van der Waals surface area contributed by atoms with Crippen molar-refractivity contribution in [3.05, 3.63) is 58.6 Å². The number of rotatable bonds is 5. The predicted octanol–water partition coefficient (Wildman–Crippen LogP) is 2.51. The second-order valence-corrected chi connectivity index (χ2v) is 5.26. The molecule has 0 radical (unpaired) electrons. The van der Waals surface area contributed by atoms with Gasteiger partial charge >= 0.3 is 6.03 Å². The quantitative estimate of drug-likeness (QED) is 0.632. The number of amides is 3. The molecule has 0 aliphatic heterocycles. The fourth-order valence-corrected chi connectivity index (χ4v) is 2.25. The Balaban J connectivity index is 1.82. The number of urea groups is 1. The SMILES string of the molecule is NC(=O)c1ccc(CCNC(=O)Nc2ccc(O)cc2)cc1Cl. The third-order valence-electron chi connectivity index (χ3n) is 3.12. The molecule has 0 saturated carbocycles. The number of benzene rings is 2. The van der Waals surface area contributed by atoms with Crippen molar-refractivity contribution in [2.75, 3.05) is 11.9 Å². The van der Waals surface area contributed by atoms with Gasteiger partial charge in [-0.2, -0.15) is 0 Å². The highest BCUT2D eigenvalue weighted by Gasteiger charge is 2.07. The molecule has 5 N–H and O–H groups in total. The van der Waals surface area contributed by atoms with Crippen LogP contribution in [0.1, 0.15) is 15.9 Å². The van der Waals surface area contributed by atoms with Gasteiger partial charge in [-0.3, -0.25) is 4.79 Å². The van der Waals surface area contributed by atoms with Crippen molar-refractivity contribution < 1.29 is 14.7 Å². The molecule has 0 spiro atoms. The van der Waals surface area contributed by atoms with Crippen molar-refractivity contribution in [3.8, 4) is 5.75 Å². The van der Waals surface area contributed by atoms with Crippen LogP contribution in [0.2, 0.25) is 5.02 Å². The van der Waals surface area contributed by atoms with Crippen LogP contribution in [0, 0.1) is 0 Å². The molecule has 6 nitrogen and oxygen atoms in total. The first kappa shape index (κ1) is 16.6. The number of hydrogen-bond acceptors (Lipinski definition) is 3. The van der Waals surface area contributed by atoms with Gasteiger partial charge in [-0.25, -0.2) is 4.79 Å². The van der Waals surface area contributed by atoms with Crippen LogP contribution in [0.5, 0.6) is 5.75 Å². The molecule has 3 amide bonds. The average Bonchev–Trinajstić information content (AvgIpc) is 2.49. The van der Waals surface area contributed by atoms with Gasteiger partial charge in [0.15, 0.2) is 0 Å². The highest BCUT2D eigenvalue weighted by Crippen LogP contribution is 2.17. The lowest BCUT2D eigenvalue weighted by molar-refractivity contribution is 0.100. The minimum Gasteiger partial charge on any atom is -0.508 e. The molecule has 0 fully saturated rings. The molecule has 0 saturated heterocycles. The third kappa shape index (κ3) is 4.89. The molecule has 0 aromatic heterocycles. The Labute approximate surface area is 138 Å². The van der Waals surface area contributed by atoms with Crippen LogP contribution in [-0.4, -0.2) is 23.6 Å². The van der Waals surface area contributed by atoms with E-state index in [0.717, 1.165) is 5.56 Å². The van der Waals surface area contributed by atoms with Gasteiger partial charge in [0.05, 0.1) is 10.6 Å². The smallest absolute Gasteiger partial charge is 0.319 e. The molecule has 0 atom stereocenters. The van der Waals surface area contributed by atoms with Gasteiger partial charge in [-0.1, -0.05) is 17.7 Å². The Morgan fingerprint density at radius 1 is 1.13 bits per heavy atom. The third-order valence-corrected chi connectivity index (χ3v) is 3.44. The minimum absolute atomic E-state index is 0.132. The summed E-state index contributed by atoms with van der Waals surface area (Å²) in [6, 6.07) is 10.8. The Bertz CT molecular complexity index is 717. The molecular weight excluding hydrogens is 318 g/mol. The standard InChI is InChI=1S/C16H16ClN3O3/c17-14-9-10(1-6-13(14)15(18)22)7-8-19-16(23)20-11-2-4-12(21)5-3-11/h1-6,9,21H,7-8H2,(H2,18,22)(H2,19,20,23). The first-order valence-electron chi connectivity index (χ1n) is 6.88. The maximum Gasteiger partial charge on any atom is 0.319 e. The monoisotopic (exact) mass is 333 g/mol. The maximum atomic E-state index is 11.7. The number of primary amides is 1. The van der Waals surface area contributed by atoms with E-state index in [9.17, 15) is 9.59 Å². The summed E-state index contributed by atoms with van der Waals surface area (Å²) in [5.41, 5.74) is 6.91. The highest BCUT2D eigenvalue weighted by molar-refractivity contribution is 6.33. The van der Waals surface area contributed by atoms with E-state index in [1.54, 1.807) is 30.3 Å². The summed E-state index contributed by atoms with van der Waals surface area (Å²) in [5, 5.41) is 14.8. The van der Waals surface area contributed by atoms with E-state index in [-0.39, 0.29) is 17.3 Å². The van der Waals surface area contributed by atoms with Gasteiger partial charge in [0, 0.05) is 12.2 Å². The van der Waals surface area contributed by atoms with E-state index in [1.165, 1.54) is 12.1 Å². The van der Waals surface area contributed by atoms with Crippen LogP contribution in [0.3, 0.4) is 0 Å². The second-order valence-electron chi connectivity index (χ2n) is 4.86. The highest BCUT2D eigenvalue weighted by atomic mass is 35.5. The molecule has 2 aromatic rings. The number of hydrogen-bond donors (Lipinski definition) is 4. The summed E-state index contributed by atoms with van der Waals surface area (Å²) in [6.45, 7) is 0.399. The molecule has 23 heavy (non-hydrogen) atoms. The predicted molar refractivity (Wildman–Crippen MR) is 88.8 cm³/mol. The summed E-state index contributed by atoms with van der Waals surface area (Å²) in [7, 11) is 0. The number of phenolic OH excluding ortho intramolecular Hbond substituents is 1. The number of carbonyl (C=O) groups is 2. The number of nitrogens with one attached hydrogen (secondary N) is 2. The topological polar surface area (TPSA) is 104 Å². The van der Waals surface area contributed by atoms with Crippen LogP contribution in [0.4, 0.5) is 10.5 Å². The van der Waals surface area contributed by atoms with Crippen molar-refractivity contribution in [1.29, 1.82) is 0 Å². The van der Waals surface area contributed by atoms with Crippen LogP contribution in [0.25, 0.3) is 0 Å². The molecule has 2 rings (SSSR count). The Hall–Kier alpha value is -2.73. The largest absolute Gasteiger partial charge is 0.508 e. The summed E-state index contributed by atoms with van der Waals surface area (Å²) in [5.74, 6) is -0.444. The van der Waals surface area contributed by atoms with Gasteiger partial charge < -0.3 is 21.5 Å². The second kappa shape index (κ2) is 7.51. The Morgan fingerprint density at radius 2 is 1.83 bits per heavy atom. The first-order chi connectivity index (χ1) is 11.0. The lowest BCUT2D eigenvalue weighted by Gasteiger charge is -2.08. The number of aromatic hydroxyl groups is 1. The van der Waals surface area contributed by atoms with E-state index in [0.29, 0.717) is 23.7 Å². The Morgan fingerprint density at radius 3 is 2.43 bits per heavy atom. The molecular formula is C16H16ClN3O3. The zero-order chi connectivity index (χ0) is 16.8. The van der Waals surface area contributed by atoms with Gasteiger partial charge in [0.25, 0.3) is 0 Å². The van der Waals surface area contributed by atoms with E-state index < -0.39 is 5.91 Å². The molecule has 120 valence electrons. The van der Waals surface area contributed by atoms with Crippen LogP contribution < -0.4 is 16.4 Å². The number of nitrogens with two attached hydrogens (primary N) is 1. The fraction of sp³-hybridized carbons (Fsp3) is 0.125. The van der Waals surface area contributed by atoms with Crippen molar-refractivity contribution in [2.45, 2.75) is 6.42 Å². The van der Waals surface area contributed by atoms with Crippen molar-refractivity contribution >= 4 is 29.2 Å². The lowest BCUT2D eigenvalue weighted by atomic mass is 10.1. The summed E-state index contributed by atoms with van der Waals surface area (Å²) in [4.78, 5) is 22.8. The summed E-state index contributed by atoms with van der Waals surface area (Å²) in [6.07, 6.45) is 0.557. The summed E-state index contributed by atoms with van der Waals surface area (Å²) < 4.78 is 0. The number of carbonyl (C=O) groups excluding carboxylic acids is 2. The maximum absolute atomic E-state index is 11.7. The number of halogens is 1. The van der Waals surface area contributed by atoms with Gasteiger partial charge in [0.2, 0.25) is 5.91 Å². The zero-order valence-electron chi connectivity index (χ0n) is 12.2. The van der Waals surface area contributed by atoms with Crippen molar-refractivity contribution in [1.82, 2.24) is 5.32 Å². The molecule has 0 bridgehead atoms. The first-order valence-corrected chi connectivity index (χ1v) is 7.25. The van der Waals surface area contributed by atoms with E-state index in [1.807, 2.05) is 0 Å². The molecule has 0 aliphatic rings. The molecule has 0 aliphatic carbocycles. The lowest BCUT2D eigenvalue weighted by Crippen LogP contribution is -2.30. The van der Waals surface area contributed by atoms with Crippen LogP contribution in [0.15, 0.2) is 42.5 Å². The van der Waals surface area contributed by atoms with Crippen LogP contribution >= 0.6 is 11.6 Å². The van der Waals surface area contributed by atoms with E-state index in [2.05, 4.69) is 10.6 Å². The van der Waals surface area contributed by atoms with Crippen molar-refractivity contribution in [3.63, 3.8) is 0 Å². The average molecular weight is 334 g/mol. The number of anilines is 1. The zero-order valence-corrected chi connectivity index (χ0v) is 12.9. The summed E-state index contributed by atoms with van der Waals surface area (Å²) >= 11 is 5.96. The van der Waals surface area contributed by atoms with Gasteiger partial charge in [-0.05, 0) is 48.4 Å². The van der Waals surface area contributed by atoms with Crippen molar-refractivity contribution in [2.24, 2.45) is 5.73 Å². The molecule has 2 aromatic carbocycles. The fourth-order valence-electron chi connectivity index (χ4n) is 1.95. The molecule has 7 heteroatoms.